The van der Waals surface area contributed by atoms with Crippen molar-refractivity contribution in [3.8, 4) is 5.75 Å². The molecule has 0 N–H and O–H groups in total. The molecule has 0 bridgehead atoms. The smallest absolute Gasteiger partial charge is 0.338 e. The molecule has 144 valence electrons. The Morgan fingerprint density at radius 3 is 2.46 bits per heavy atom. The third kappa shape index (κ3) is 4.66. The average molecular weight is 512 g/mol. The van der Waals surface area contributed by atoms with Crippen LogP contribution >= 0.6 is 31.9 Å². The monoisotopic (exact) mass is 510 g/mol. The van der Waals surface area contributed by atoms with Gasteiger partial charge < -0.3 is 9.26 Å². The minimum atomic E-state index is -0.524. The van der Waals surface area contributed by atoms with Crippen LogP contribution in [0.3, 0.4) is 0 Å². The second-order valence-corrected chi connectivity index (χ2v) is 7.51. The highest BCUT2D eigenvalue weighted by atomic mass is 79.9. The van der Waals surface area contributed by atoms with Crippen molar-refractivity contribution in [3.63, 3.8) is 0 Å². The Bertz CT molecular complexity index is 1030. The van der Waals surface area contributed by atoms with Gasteiger partial charge in [-0.1, -0.05) is 23.4 Å². The minimum absolute atomic E-state index is 0.0754. The first-order valence-corrected chi connectivity index (χ1v) is 9.59. The van der Waals surface area contributed by atoms with Gasteiger partial charge in [0.1, 0.15) is 18.2 Å². The number of benzene rings is 2. The Labute approximate surface area is 176 Å². The molecule has 0 spiro atoms. The molecular weight excluding hydrogens is 499 g/mol. The molecule has 0 saturated carbocycles. The summed E-state index contributed by atoms with van der Waals surface area (Å²) in [6.45, 7) is 1.79. The zero-order valence-corrected chi connectivity index (χ0v) is 17.7. The molecule has 0 amide bonds. The van der Waals surface area contributed by atoms with Gasteiger partial charge in [0.15, 0.2) is 5.69 Å². The highest BCUT2D eigenvalue weighted by molar-refractivity contribution is 9.11. The Morgan fingerprint density at radius 2 is 1.86 bits per heavy atom. The van der Waals surface area contributed by atoms with Crippen LogP contribution in [-0.4, -0.2) is 10.1 Å². The van der Waals surface area contributed by atoms with Crippen LogP contribution < -0.4 is 4.74 Å². The van der Waals surface area contributed by atoms with Gasteiger partial charge in [0.2, 0.25) is 5.76 Å². The maximum atomic E-state index is 13.0. The zero-order valence-electron chi connectivity index (χ0n) is 14.5. The minimum Gasteiger partial charge on any atom is -0.487 e. The van der Waals surface area contributed by atoms with Crippen LogP contribution in [0.1, 0.15) is 22.6 Å². The SMILES string of the molecule is Cc1noc(/C=C\c2cc(Br)c(OCc3ccc(F)cc3)c(Br)c2)c1[N+](=O)[O-]. The lowest BCUT2D eigenvalue weighted by atomic mass is 10.2. The molecule has 0 radical (unpaired) electrons. The van der Waals surface area contributed by atoms with Crippen LogP contribution in [0.25, 0.3) is 12.2 Å². The maximum absolute atomic E-state index is 13.0. The molecule has 0 atom stereocenters. The van der Waals surface area contributed by atoms with Crippen LogP contribution in [0.2, 0.25) is 0 Å². The van der Waals surface area contributed by atoms with Gasteiger partial charge in [0.05, 0.1) is 13.9 Å². The second kappa shape index (κ2) is 8.66. The predicted molar refractivity (Wildman–Crippen MR) is 109 cm³/mol. The number of hydrogen-bond donors (Lipinski definition) is 0. The van der Waals surface area contributed by atoms with Gasteiger partial charge in [-0.05, 0) is 80.3 Å². The number of nitrogens with zero attached hydrogens (tertiary/aromatic N) is 2. The van der Waals surface area contributed by atoms with Gasteiger partial charge in [-0.3, -0.25) is 10.1 Å². The van der Waals surface area contributed by atoms with Crippen molar-refractivity contribution in [2.75, 3.05) is 0 Å². The lowest BCUT2D eigenvalue weighted by Crippen LogP contribution is -1.97. The fraction of sp³-hybridized carbons (Fsp3) is 0.105. The average Bonchev–Trinajstić information content (AvgIpc) is 3.01. The molecule has 0 saturated heterocycles. The highest BCUT2D eigenvalue weighted by Crippen LogP contribution is 2.36. The van der Waals surface area contributed by atoms with E-state index in [0.717, 1.165) is 11.1 Å². The number of hydrogen-bond acceptors (Lipinski definition) is 5. The van der Waals surface area contributed by atoms with E-state index in [1.165, 1.54) is 25.1 Å². The van der Waals surface area contributed by atoms with E-state index in [4.69, 9.17) is 9.26 Å². The molecule has 0 unspecified atom stereocenters. The molecule has 0 aliphatic rings. The van der Waals surface area contributed by atoms with Gasteiger partial charge in [-0.25, -0.2) is 4.39 Å². The van der Waals surface area contributed by atoms with E-state index in [1.54, 1.807) is 30.3 Å². The van der Waals surface area contributed by atoms with E-state index in [0.29, 0.717) is 14.7 Å². The fourth-order valence-electron chi connectivity index (χ4n) is 2.44. The highest BCUT2D eigenvalue weighted by Gasteiger charge is 2.22. The first-order valence-electron chi connectivity index (χ1n) is 8.00. The van der Waals surface area contributed by atoms with E-state index < -0.39 is 4.92 Å². The summed E-state index contributed by atoms with van der Waals surface area (Å²) in [6.07, 6.45) is 3.16. The molecule has 0 aliphatic carbocycles. The quantitative estimate of drug-likeness (QED) is 0.286. The lowest BCUT2D eigenvalue weighted by Gasteiger charge is -2.11. The third-order valence-electron chi connectivity index (χ3n) is 3.78. The summed E-state index contributed by atoms with van der Waals surface area (Å²) in [4.78, 5) is 10.6. The molecule has 6 nitrogen and oxygen atoms in total. The van der Waals surface area contributed by atoms with Crippen LogP contribution in [0.15, 0.2) is 49.9 Å². The second-order valence-electron chi connectivity index (χ2n) is 5.80. The molecule has 0 fully saturated rings. The van der Waals surface area contributed by atoms with Gasteiger partial charge >= 0.3 is 5.69 Å². The van der Waals surface area contributed by atoms with Gasteiger partial charge in [0.25, 0.3) is 0 Å². The molecule has 2 aromatic carbocycles. The molecule has 1 heterocycles. The number of ether oxygens (including phenoxy) is 1. The molecule has 1 aromatic heterocycles. The molecule has 0 aliphatic heterocycles. The van der Waals surface area contributed by atoms with Crippen molar-refractivity contribution in [1.29, 1.82) is 0 Å². The molecule has 3 aromatic rings. The number of halogens is 3. The number of aromatic nitrogens is 1. The standard InChI is InChI=1S/C19H13Br2FN2O4/c1-11-18(24(25)26)17(28-23-11)7-4-13-8-15(20)19(16(21)9-13)27-10-12-2-5-14(22)6-3-12/h2-9H,10H2,1H3/b7-4-. The summed E-state index contributed by atoms with van der Waals surface area (Å²) in [6, 6.07) is 9.66. The van der Waals surface area contributed by atoms with Crippen LogP contribution in [0.4, 0.5) is 10.1 Å². The normalized spacial score (nSPS) is 11.1. The molecule has 3 rings (SSSR count). The largest absolute Gasteiger partial charge is 0.487 e. The summed E-state index contributed by atoms with van der Waals surface area (Å²) in [7, 11) is 0. The van der Waals surface area contributed by atoms with Crippen molar-refractivity contribution in [2.45, 2.75) is 13.5 Å². The maximum Gasteiger partial charge on any atom is 0.338 e. The lowest BCUT2D eigenvalue weighted by molar-refractivity contribution is -0.386. The van der Waals surface area contributed by atoms with Crippen molar-refractivity contribution in [1.82, 2.24) is 5.16 Å². The van der Waals surface area contributed by atoms with Crippen molar-refractivity contribution in [2.24, 2.45) is 0 Å². The van der Waals surface area contributed by atoms with Crippen molar-refractivity contribution in [3.05, 3.63) is 83.9 Å². The van der Waals surface area contributed by atoms with E-state index in [2.05, 4.69) is 37.0 Å². The van der Waals surface area contributed by atoms with Crippen LogP contribution in [0.5, 0.6) is 5.75 Å². The van der Waals surface area contributed by atoms with Crippen LogP contribution in [0, 0.1) is 22.9 Å². The van der Waals surface area contributed by atoms with Gasteiger partial charge in [-0.2, -0.15) is 0 Å². The third-order valence-corrected chi connectivity index (χ3v) is 4.96. The molecule has 28 heavy (non-hydrogen) atoms. The summed E-state index contributed by atoms with van der Waals surface area (Å²) < 4.78 is 25.2. The summed E-state index contributed by atoms with van der Waals surface area (Å²) in [5, 5.41) is 14.7. The van der Waals surface area contributed by atoms with Crippen molar-refractivity contribution >= 4 is 49.7 Å². The zero-order chi connectivity index (χ0) is 20.3. The Kier molecular flexibility index (Phi) is 6.25. The number of aryl methyl sites for hydroxylation is 1. The van der Waals surface area contributed by atoms with Gasteiger partial charge in [0, 0.05) is 0 Å². The van der Waals surface area contributed by atoms with Gasteiger partial charge in [-0.15, -0.1) is 0 Å². The Hall–Kier alpha value is -2.52. The number of rotatable bonds is 6. The summed E-state index contributed by atoms with van der Waals surface area (Å²) >= 11 is 6.92. The van der Waals surface area contributed by atoms with Crippen molar-refractivity contribution < 1.29 is 18.6 Å². The Morgan fingerprint density at radius 1 is 1.21 bits per heavy atom. The number of nitro groups is 1. The Balaban J connectivity index is 1.78. The van der Waals surface area contributed by atoms with E-state index in [-0.39, 0.29) is 29.6 Å². The summed E-state index contributed by atoms with van der Waals surface area (Å²) in [5.74, 6) is 0.360. The fourth-order valence-corrected chi connectivity index (χ4v) is 3.89. The molecular formula is C19H13Br2FN2O4. The van der Waals surface area contributed by atoms with E-state index in [1.807, 2.05) is 0 Å². The topological polar surface area (TPSA) is 78.4 Å². The predicted octanol–water partition coefficient (Wildman–Crippen LogP) is 6.30. The first kappa shape index (κ1) is 20.2. The van der Waals surface area contributed by atoms with E-state index in [9.17, 15) is 14.5 Å². The molecule has 9 heteroatoms. The van der Waals surface area contributed by atoms with Crippen LogP contribution in [-0.2, 0) is 6.61 Å². The first-order chi connectivity index (χ1) is 13.3. The van der Waals surface area contributed by atoms with E-state index >= 15 is 0 Å². The summed E-state index contributed by atoms with van der Waals surface area (Å²) in [5.41, 5.74) is 1.65.